The molecular formula is C11H19ClN2O2. The van der Waals surface area contributed by atoms with Crippen molar-refractivity contribution in [3.05, 3.63) is 16.9 Å². The van der Waals surface area contributed by atoms with E-state index in [2.05, 4.69) is 12.0 Å². The van der Waals surface area contributed by atoms with Crippen LogP contribution in [0.2, 0.25) is 5.02 Å². The number of aromatic nitrogens is 2. The van der Waals surface area contributed by atoms with Crippen LogP contribution in [0.1, 0.15) is 38.5 Å². The Hall–Kier alpha value is -0.580. The zero-order valence-corrected chi connectivity index (χ0v) is 10.6. The van der Waals surface area contributed by atoms with Gasteiger partial charge in [0.2, 0.25) is 0 Å². The van der Waals surface area contributed by atoms with Crippen molar-refractivity contribution in [2.45, 2.75) is 39.3 Å². The van der Waals surface area contributed by atoms with Crippen LogP contribution >= 0.6 is 11.6 Å². The van der Waals surface area contributed by atoms with E-state index in [1.807, 2.05) is 6.92 Å². The maximum atomic E-state index is 10.00. The predicted molar refractivity (Wildman–Crippen MR) is 63.6 cm³/mol. The lowest BCUT2D eigenvalue weighted by molar-refractivity contribution is 0.0841. The third-order valence-corrected chi connectivity index (χ3v) is 2.62. The van der Waals surface area contributed by atoms with E-state index in [0.29, 0.717) is 30.4 Å². The van der Waals surface area contributed by atoms with Gasteiger partial charge in [-0.3, -0.25) is 4.68 Å². The Morgan fingerprint density at radius 1 is 1.56 bits per heavy atom. The molecule has 0 aromatic carbocycles. The molecule has 92 valence electrons. The standard InChI is InChI=1S/C11H19ClN2O2/c1-3-6-14-11(9(12)8-13-14)10(15)5-7-16-4-2/h8,10,15H,3-7H2,1-2H3. The lowest BCUT2D eigenvalue weighted by atomic mass is 10.2. The molecule has 0 amide bonds. The normalized spacial score (nSPS) is 13.0. The first-order chi connectivity index (χ1) is 7.70. The molecule has 1 rings (SSSR count). The molecule has 0 bridgehead atoms. The molecule has 5 heteroatoms. The van der Waals surface area contributed by atoms with Crippen LogP contribution in [0, 0.1) is 0 Å². The van der Waals surface area contributed by atoms with Crippen molar-refractivity contribution in [2.75, 3.05) is 13.2 Å². The molecule has 1 unspecified atom stereocenters. The van der Waals surface area contributed by atoms with Crippen molar-refractivity contribution < 1.29 is 9.84 Å². The summed E-state index contributed by atoms with van der Waals surface area (Å²) >= 11 is 6.00. The first-order valence-corrected chi connectivity index (χ1v) is 6.05. The number of aryl methyl sites for hydroxylation is 1. The summed E-state index contributed by atoms with van der Waals surface area (Å²) in [6.07, 6.45) is 2.48. The molecule has 16 heavy (non-hydrogen) atoms. The number of halogens is 1. The Morgan fingerprint density at radius 3 is 2.94 bits per heavy atom. The molecule has 0 spiro atoms. The van der Waals surface area contributed by atoms with Crippen LogP contribution in [0.3, 0.4) is 0 Å². The third kappa shape index (κ3) is 3.47. The van der Waals surface area contributed by atoms with Crippen molar-refractivity contribution in [3.8, 4) is 0 Å². The van der Waals surface area contributed by atoms with Crippen LogP contribution in [-0.4, -0.2) is 28.1 Å². The third-order valence-electron chi connectivity index (χ3n) is 2.32. The Morgan fingerprint density at radius 2 is 2.31 bits per heavy atom. The fourth-order valence-corrected chi connectivity index (χ4v) is 1.84. The van der Waals surface area contributed by atoms with Gasteiger partial charge in [0.25, 0.3) is 0 Å². The number of aliphatic hydroxyl groups excluding tert-OH is 1. The van der Waals surface area contributed by atoms with Crippen LogP contribution in [0.15, 0.2) is 6.20 Å². The minimum Gasteiger partial charge on any atom is -0.387 e. The van der Waals surface area contributed by atoms with Gasteiger partial charge in [0.05, 0.1) is 23.0 Å². The van der Waals surface area contributed by atoms with Crippen LogP contribution in [0.5, 0.6) is 0 Å². The first kappa shape index (κ1) is 13.5. The Kier molecular flexibility index (Phi) is 5.80. The van der Waals surface area contributed by atoms with E-state index in [1.165, 1.54) is 0 Å². The largest absolute Gasteiger partial charge is 0.387 e. The number of rotatable bonds is 7. The molecule has 1 aromatic heterocycles. The van der Waals surface area contributed by atoms with Gasteiger partial charge in [-0.15, -0.1) is 0 Å². The van der Waals surface area contributed by atoms with Gasteiger partial charge in [0.15, 0.2) is 0 Å². The van der Waals surface area contributed by atoms with Gasteiger partial charge in [0, 0.05) is 26.2 Å². The molecule has 4 nitrogen and oxygen atoms in total. The average Bonchev–Trinajstić information content (AvgIpc) is 2.61. The summed E-state index contributed by atoms with van der Waals surface area (Å²) in [5.74, 6) is 0. The van der Waals surface area contributed by atoms with Crippen LogP contribution in [0.25, 0.3) is 0 Å². The number of aliphatic hydroxyl groups is 1. The van der Waals surface area contributed by atoms with Gasteiger partial charge in [-0.1, -0.05) is 18.5 Å². The number of hydrogen-bond acceptors (Lipinski definition) is 3. The summed E-state index contributed by atoms with van der Waals surface area (Å²) in [5, 5.41) is 14.7. The summed E-state index contributed by atoms with van der Waals surface area (Å²) in [4.78, 5) is 0. The van der Waals surface area contributed by atoms with E-state index in [1.54, 1.807) is 10.9 Å². The summed E-state index contributed by atoms with van der Waals surface area (Å²) in [7, 11) is 0. The second-order valence-corrected chi connectivity index (χ2v) is 4.01. The van der Waals surface area contributed by atoms with Crippen molar-refractivity contribution in [3.63, 3.8) is 0 Å². The molecule has 0 radical (unpaired) electrons. The quantitative estimate of drug-likeness (QED) is 0.752. The highest BCUT2D eigenvalue weighted by atomic mass is 35.5. The molecule has 0 aliphatic rings. The fourth-order valence-electron chi connectivity index (χ4n) is 1.57. The summed E-state index contributed by atoms with van der Waals surface area (Å²) in [5.41, 5.74) is 0.697. The molecule has 0 saturated carbocycles. The monoisotopic (exact) mass is 246 g/mol. The zero-order valence-electron chi connectivity index (χ0n) is 9.82. The average molecular weight is 247 g/mol. The van der Waals surface area contributed by atoms with Gasteiger partial charge in [-0.05, 0) is 13.3 Å². The van der Waals surface area contributed by atoms with E-state index in [0.717, 1.165) is 13.0 Å². The second-order valence-electron chi connectivity index (χ2n) is 3.60. The first-order valence-electron chi connectivity index (χ1n) is 5.67. The Bertz CT molecular complexity index is 315. The van der Waals surface area contributed by atoms with E-state index in [9.17, 15) is 5.11 Å². The zero-order chi connectivity index (χ0) is 12.0. The second kappa shape index (κ2) is 6.89. The highest BCUT2D eigenvalue weighted by Crippen LogP contribution is 2.25. The lowest BCUT2D eigenvalue weighted by Crippen LogP contribution is -2.11. The van der Waals surface area contributed by atoms with E-state index < -0.39 is 6.10 Å². The molecule has 0 aliphatic heterocycles. The number of nitrogens with zero attached hydrogens (tertiary/aromatic N) is 2. The SMILES string of the molecule is CCCn1ncc(Cl)c1C(O)CCOCC. The van der Waals surface area contributed by atoms with Gasteiger partial charge in [0.1, 0.15) is 0 Å². The molecule has 0 saturated heterocycles. The van der Waals surface area contributed by atoms with Crippen molar-refractivity contribution in [2.24, 2.45) is 0 Å². The molecule has 1 N–H and O–H groups in total. The highest BCUT2D eigenvalue weighted by Gasteiger charge is 2.17. The van der Waals surface area contributed by atoms with Crippen LogP contribution in [0.4, 0.5) is 0 Å². The molecule has 1 heterocycles. The van der Waals surface area contributed by atoms with E-state index in [-0.39, 0.29) is 0 Å². The van der Waals surface area contributed by atoms with Crippen LogP contribution in [-0.2, 0) is 11.3 Å². The van der Waals surface area contributed by atoms with Gasteiger partial charge in [-0.2, -0.15) is 5.10 Å². The smallest absolute Gasteiger partial charge is 0.0993 e. The molecule has 1 atom stereocenters. The molecular weight excluding hydrogens is 228 g/mol. The maximum Gasteiger partial charge on any atom is 0.0993 e. The van der Waals surface area contributed by atoms with Gasteiger partial charge < -0.3 is 9.84 Å². The summed E-state index contributed by atoms with van der Waals surface area (Å²) < 4.78 is 6.97. The Labute approximate surface area is 101 Å². The van der Waals surface area contributed by atoms with Crippen molar-refractivity contribution in [1.29, 1.82) is 0 Å². The van der Waals surface area contributed by atoms with Crippen molar-refractivity contribution in [1.82, 2.24) is 9.78 Å². The number of hydrogen-bond donors (Lipinski definition) is 1. The van der Waals surface area contributed by atoms with E-state index >= 15 is 0 Å². The van der Waals surface area contributed by atoms with Gasteiger partial charge in [-0.25, -0.2) is 0 Å². The Balaban J connectivity index is 2.65. The molecule has 0 fully saturated rings. The van der Waals surface area contributed by atoms with Gasteiger partial charge >= 0.3 is 0 Å². The summed E-state index contributed by atoms with van der Waals surface area (Å²) in [6.45, 7) is 5.96. The van der Waals surface area contributed by atoms with Crippen LogP contribution < -0.4 is 0 Å². The highest BCUT2D eigenvalue weighted by molar-refractivity contribution is 6.31. The number of ether oxygens (including phenoxy) is 1. The minimum absolute atomic E-state index is 0.525. The van der Waals surface area contributed by atoms with E-state index in [4.69, 9.17) is 16.3 Å². The minimum atomic E-state index is -0.604. The molecule has 0 aliphatic carbocycles. The topological polar surface area (TPSA) is 47.3 Å². The lowest BCUT2D eigenvalue weighted by Gasteiger charge is -2.13. The maximum absolute atomic E-state index is 10.00. The fraction of sp³-hybridized carbons (Fsp3) is 0.727. The predicted octanol–water partition coefficient (Wildman–Crippen LogP) is 2.41. The summed E-state index contributed by atoms with van der Waals surface area (Å²) in [6, 6.07) is 0. The molecule has 1 aromatic rings. The van der Waals surface area contributed by atoms with Crippen molar-refractivity contribution >= 4 is 11.6 Å².